The molecule has 0 unspecified atom stereocenters. The number of aromatic nitrogens is 4. The van der Waals surface area contributed by atoms with Crippen molar-refractivity contribution >= 4 is 5.91 Å². The highest BCUT2D eigenvalue weighted by Gasteiger charge is 2.05. The van der Waals surface area contributed by atoms with Crippen LogP contribution in [0.15, 0.2) is 31.0 Å². The first-order chi connectivity index (χ1) is 6.77. The van der Waals surface area contributed by atoms with E-state index in [1.54, 1.807) is 29.4 Å². The predicted octanol–water partition coefficient (Wildman–Crippen LogP) is -0.239. The molecule has 0 saturated heterocycles. The number of nitrogens with two attached hydrogens (primary N) is 1. The van der Waals surface area contributed by atoms with Gasteiger partial charge in [-0.15, -0.1) is 0 Å². The first kappa shape index (κ1) is 8.36. The number of hydrogen-bond acceptors (Lipinski definition) is 4. The van der Waals surface area contributed by atoms with Gasteiger partial charge in [0.2, 0.25) is 5.82 Å². The van der Waals surface area contributed by atoms with Crippen molar-refractivity contribution in [3.8, 4) is 5.82 Å². The van der Waals surface area contributed by atoms with Crippen LogP contribution in [0.2, 0.25) is 0 Å². The van der Waals surface area contributed by atoms with E-state index in [9.17, 15) is 4.79 Å². The zero-order chi connectivity index (χ0) is 9.97. The van der Waals surface area contributed by atoms with Crippen molar-refractivity contribution in [2.75, 3.05) is 0 Å². The minimum absolute atomic E-state index is 0.00352. The summed E-state index contributed by atoms with van der Waals surface area (Å²) < 4.78 is 1.66. The van der Waals surface area contributed by atoms with Crippen LogP contribution in [0.5, 0.6) is 0 Å². The van der Waals surface area contributed by atoms with Gasteiger partial charge in [-0.2, -0.15) is 0 Å². The van der Waals surface area contributed by atoms with Crippen LogP contribution in [-0.4, -0.2) is 25.4 Å². The van der Waals surface area contributed by atoms with E-state index >= 15 is 0 Å². The molecule has 0 spiro atoms. The van der Waals surface area contributed by atoms with Crippen LogP contribution in [0.25, 0.3) is 5.82 Å². The molecule has 2 N–H and O–H groups in total. The van der Waals surface area contributed by atoms with Crippen LogP contribution in [0.1, 0.15) is 10.6 Å². The lowest BCUT2D eigenvalue weighted by molar-refractivity contribution is 0.0990. The number of amides is 1. The molecule has 0 aromatic carbocycles. The molecule has 70 valence electrons. The molecule has 0 aliphatic carbocycles. The first-order valence-corrected chi connectivity index (χ1v) is 3.88. The first-order valence-electron chi connectivity index (χ1n) is 3.88. The number of primary amides is 1. The van der Waals surface area contributed by atoms with Crippen LogP contribution in [0.4, 0.5) is 0 Å². The highest BCUT2D eigenvalue weighted by atomic mass is 16.1. The maximum atomic E-state index is 10.8. The Morgan fingerprint density at radius 3 is 2.93 bits per heavy atom. The van der Waals surface area contributed by atoms with Gasteiger partial charge in [-0.1, -0.05) is 0 Å². The van der Waals surface area contributed by atoms with Crippen LogP contribution >= 0.6 is 0 Å². The highest BCUT2D eigenvalue weighted by Crippen LogP contribution is 2.01. The Balaban J connectivity index is 2.46. The second kappa shape index (κ2) is 3.25. The Morgan fingerprint density at radius 1 is 1.43 bits per heavy atom. The summed E-state index contributed by atoms with van der Waals surface area (Å²) in [5, 5.41) is 0. The highest BCUT2D eigenvalue weighted by molar-refractivity contribution is 5.88. The molecule has 0 atom stereocenters. The fourth-order valence-corrected chi connectivity index (χ4v) is 1.01. The quantitative estimate of drug-likeness (QED) is 0.706. The van der Waals surface area contributed by atoms with Crippen LogP contribution < -0.4 is 5.73 Å². The summed E-state index contributed by atoms with van der Waals surface area (Å²) in [5.41, 5.74) is 5.05. The number of hydrogen-bond donors (Lipinski definition) is 1. The van der Waals surface area contributed by atoms with Gasteiger partial charge in [0.25, 0.3) is 5.91 Å². The van der Waals surface area contributed by atoms with Gasteiger partial charge in [0.05, 0.1) is 0 Å². The molecule has 2 aromatic heterocycles. The molecule has 0 bridgehead atoms. The Bertz CT molecular complexity index is 451. The number of rotatable bonds is 2. The van der Waals surface area contributed by atoms with Gasteiger partial charge in [0, 0.05) is 18.6 Å². The summed E-state index contributed by atoms with van der Waals surface area (Å²) >= 11 is 0. The van der Waals surface area contributed by atoms with E-state index in [1.165, 1.54) is 6.20 Å². The number of nitrogens with zero attached hydrogens (tertiary/aromatic N) is 4. The lowest BCUT2D eigenvalue weighted by atomic mass is 10.5. The Labute approximate surface area is 79.4 Å². The normalized spacial score (nSPS) is 10.0. The van der Waals surface area contributed by atoms with Crippen molar-refractivity contribution in [1.82, 2.24) is 19.5 Å². The average molecular weight is 189 g/mol. The summed E-state index contributed by atoms with van der Waals surface area (Å²) in [6, 6.07) is 1.66. The van der Waals surface area contributed by atoms with Gasteiger partial charge in [0.15, 0.2) is 0 Å². The Kier molecular flexibility index (Phi) is 1.94. The maximum Gasteiger partial charge on any atom is 0.286 e. The van der Waals surface area contributed by atoms with Gasteiger partial charge in [-0.05, 0) is 6.07 Å². The molecule has 2 aromatic rings. The number of carbonyl (C=O) groups is 1. The molecule has 2 heterocycles. The monoisotopic (exact) mass is 189 g/mol. The van der Waals surface area contributed by atoms with E-state index in [0.29, 0.717) is 5.82 Å². The van der Waals surface area contributed by atoms with Crippen LogP contribution in [0.3, 0.4) is 0 Å². The minimum Gasteiger partial charge on any atom is -0.363 e. The van der Waals surface area contributed by atoms with Crippen molar-refractivity contribution in [3.05, 3.63) is 36.8 Å². The van der Waals surface area contributed by atoms with E-state index in [0.717, 1.165) is 0 Å². The summed E-state index contributed by atoms with van der Waals surface area (Å²) in [4.78, 5) is 22.3. The third-order valence-electron chi connectivity index (χ3n) is 1.63. The summed E-state index contributed by atoms with van der Waals surface area (Å²) in [6.45, 7) is 0. The van der Waals surface area contributed by atoms with Gasteiger partial charge in [0.1, 0.15) is 12.1 Å². The van der Waals surface area contributed by atoms with Crippen molar-refractivity contribution in [1.29, 1.82) is 0 Å². The van der Waals surface area contributed by atoms with E-state index in [2.05, 4.69) is 15.0 Å². The van der Waals surface area contributed by atoms with Gasteiger partial charge in [-0.25, -0.2) is 15.0 Å². The Morgan fingerprint density at radius 2 is 2.29 bits per heavy atom. The molecule has 0 radical (unpaired) electrons. The largest absolute Gasteiger partial charge is 0.363 e. The number of imidazole rings is 1. The van der Waals surface area contributed by atoms with Crippen LogP contribution in [-0.2, 0) is 0 Å². The third kappa shape index (κ3) is 1.45. The van der Waals surface area contributed by atoms with Crippen molar-refractivity contribution in [2.45, 2.75) is 0 Å². The SMILES string of the molecule is NC(=O)c1nccc(-n2ccnc2)n1. The minimum atomic E-state index is -0.646. The molecule has 6 heteroatoms. The van der Waals surface area contributed by atoms with Crippen molar-refractivity contribution < 1.29 is 4.79 Å². The molecule has 2 rings (SSSR count). The molecule has 0 aliphatic heterocycles. The maximum absolute atomic E-state index is 10.8. The standard InChI is InChI=1S/C8H7N5O/c9-7(14)8-11-2-1-6(12-8)13-4-3-10-5-13/h1-5H,(H2,9,14). The van der Waals surface area contributed by atoms with Crippen LogP contribution in [0, 0.1) is 0 Å². The third-order valence-corrected chi connectivity index (χ3v) is 1.63. The fourth-order valence-electron chi connectivity index (χ4n) is 1.01. The number of carbonyl (C=O) groups excluding carboxylic acids is 1. The van der Waals surface area contributed by atoms with E-state index in [4.69, 9.17) is 5.73 Å². The summed E-state index contributed by atoms with van der Waals surface area (Å²) in [6.07, 6.45) is 6.38. The smallest absolute Gasteiger partial charge is 0.286 e. The van der Waals surface area contributed by atoms with E-state index in [1.807, 2.05) is 0 Å². The summed E-state index contributed by atoms with van der Waals surface area (Å²) in [7, 11) is 0. The van der Waals surface area contributed by atoms with E-state index in [-0.39, 0.29) is 5.82 Å². The van der Waals surface area contributed by atoms with Gasteiger partial charge < -0.3 is 5.73 Å². The fraction of sp³-hybridized carbons (Fsp3) is 0. The molecule has 0 fully saturated rings. The molecular weight excluding hydrogens is 182 g/mol. The average Bonchev–Trinajstić information content (AvgIpc) is 2.71. The molecule has 0 saturated carbocycles. The summed E-state index contributed by atoms with van der Waals surface area (Å²) in [5.74, 6) is -0.0885. The van der Waals surface area contributed by atoms with Crippen molar-refractivity contribution in [3.63, 3.8) is 0 Å². The molecule has 6 nitrogen and oxygen atoms in total. The lowest BCUT2D eigenvalue weighted by Gasteiger charge is -2.00. The predicted molar refractivity (Wildman–Crippen MR) is 47.7 cm³/mol. The lowest BCUT2D eigenvalue weighted by Crippen LogP contribution is -2.16. The second-order valence-electron chi connectivity index (χ2n) is 2.57. The molecule has 1 amide bonds. The van der Waals surface area contributed by atoms with E-state index < -0.39 is 5.91 Å². The zero-order valence-electron chi connectivity index (χ0n) is 7.16. The Hall–Kier alpha value is -2.24. The molecule has 0 aliphatic rings. The second-order valence-corrected chi connectivity index (χ2v) is 2.57. The molecule has 14 heavy (non-hydrogen) atoms. The van der Waals surface area contributed by atoms with Gasteiger partial charge >= 0.3 is 0 Å². The molecular formula is C8H7N5O. The van der Waals surface area contributed by atoms with Crippen molar-refractivity contribution in [2.24, 2.45) is 5.73 Å². The topological polar surface area (TPSA) is 86.7 Å². The van der Waals surface area contributed by atoms with Gasteiger partial charge in [-0.3, -0.25) is 9.36 Å². The zero-order valence-corrected chi connectivity index (χ0v) is 7.16.